The molecule has 0 aliphatic heterocycles. The summed E-state index contributed by atoms with van der Waals surface area (Å²) in [6.07, 6.45) is 0. The largest absolute Gasteiger partial charge is 0.497 e. The van der Waals surface area contributed by atoms with Crippen molar-refractivity contribution in [3.8, 4) is 34.3 Å². The number of amides is 1. The molecule has 8 nitrogen and oxygen atoms in total. The molecule has 3 aromatic carbocycles. The predicted molar refractivity (Wildman–Crippen MR) is 137 cm³/mol. The molecule has 1 heterocycles. The van der Waals surface area contributed by atoms with Crippen molar-refractivity contribution in [2.75, 3.05) is 32.4 Å². The molecule has 0 bridgehead atoms. The van der Waals surface area contributed by atoms with Gasteiger partial charge in [0.1, 0.15) is 17.2 Å². The van der Waals surface area contributed by atoms with Crippen LogP contribution in [0.3, 0.4) is 0 Å². The molecule has 1 amide bonds. The molecule has 1 N–H and O–H groups in total. The highest BCUT2D eigenvalue weighted by Gasteiger charge is 2.18. The quantitative estimate of drug-likeness (QED) is 0.304. The number of methoxy groups -OCH3 is 3. The lowest BCUT2D eigenvalue weighted by atomic mass is 10.2. The number of aromatic nitrogens is 3. The van der Waals surface area contributed by atoms with Crippen molar-refractivity contribution in [2.24, 2.45) is 0 Å². The molecule has 4 rings (SSSR count). The molecule has 0 spiro atoms. The molecule has 1 aromatic heterocycles. The summed E-state index contributed by atoms with van der Waals surface area (Å²) in [6.45, 7) is 0. The Hall–Kier alpha value is -3.69. The maximum absolute atomic E-state index is 12.7. The van der Waals surface area contributed by atoms with Gasteiger partial charge in [0.05, 0.1) is 32.8 Å². The van der Waals surface area contributed by atoms with Crippen molar-refractivity contribution in [1.29, 1.82) is 0 Å². The van der Waals surface area contributed by atoms with Crippen LogP contribution in [0.1, 0.15) is 0 Å². The molecule has 35 heavy (non-hydrogen) atoms. The summed E-state index contributed by atoms with van der Waals surface area (Å²) in [4.78, 5) is 12.7. The van der Waals surface area contributed by atoms with Gasteiger partial charge in [0.15, 0.2) is 11.0 Å². The third-order valence-electron chi connectivity index (χ3n) is 5.08. The van der Waals surface area contributed by atoms with Gasteiger partial charge in [-0.2, -0.15) is 0 Å². The van der Waals surface area contributed by atoms with E-state index in [1.807, 2.05) is 41.0 Å². The van der Waals surface area contributed by atoms with Crippen LogP contribution in [-0.4, -0.2) is 47.8 Å². The summed E-state index contributed by atoms with van der Waals surface area (Å²) >= 11 is 7.34. The highest BCUT2D eigenvalue weighted by atomic mass is 35.5. The van der Waals surface area contributed by atoms with Crippen LogP contribution in [0.25, 0.3) is 17.1 Å². The molecule has 0 aliphatic carbocycles. The number of carbonyl (C=O) groups excluding carboxylic acids is 1. The number of hydrogen-bond donors (Lipinski definition) is 1. The number of carbonyl (C=O) groups is 1. The first-order valence-electron chi connectivity index (χ1n) is 10.5. The summed E-state index contributed by atoms with van der Waals surface area (Å²) < 4.78 is 17.7. The van der Waals surface area contributed by atoms with Crippen LogP contribution in [0, 0.1) is 0 Å². The molecule has 0 saturated carbocycles. The van der Waals surface area contributed by atoms with Gasteiger partial charge in [-0.3, -0.25) is 9.36 Å². The van der Waals surface area contributed by atoms with E-state index in [9.17, 15) is 4.79 Å². The summed E-state index contributed by atoms with van der Waals surface area (Å²) in [5, 5.41) is 12.8. The Balaban J connectivity index is 1.58. The average Bonchev–Trinajstić information content (AvgIpc) is 3.32. The van der Waals surface area contributed by atoms with Gasteiger partial charge >= 0.3 is 0 Å². The predicted octanol–water partition coefficient (Wildman–Crippen LogP) is 5.34. The second-order valence-electron chi connectivity index (χ2n) is 7.25. The maximum Gasteiger partial charge on any atom is 0.234 e. The molecule has 0 aliphatic rings. The topological polar surface area (TPSA) is 87.5 Å². The van der Waals surface area contributed by atoms with Crippen molar-refractivity contribution in [2.45, 2.75) is 5.16 Å². The van der Waals surface area contributed by atoms with Crippen LogP contribution in [0.15, 0.2) is 71.9 Å². The number of anilines is 1. The zero-order valence-electron chi connectivity index (χ0n) is 19.3. The lowest BCUT2D eigenvalue weighted by molar-refractivity contribution is -0.113. The minimum atomic E-state index is -0.212. The number of halogens is 1. The molecular weight excluding hydrogens is 488 g/mol. The second-order valence-corrected chi connectivity index (χ2v) is 8.63. The summed E-state index contributed by atoms with van der Waals surface area (Å²) in [7, 11) is 4.72. The van der Waals surface area contributed by atoms with Crippen molar-refractivity contribution in [3.63, 3.8) is 0 Å². The Morgan fingerprint density at radius 3 is 2.26 bits per heavy atom. The standard InChI is InChI=1S/C25H23ClN4O4S/c1-32-19-10-8-18(9-11-19)30-24(16-4-6-17(26)7-5-16)28-29-25(30)35-15-23(31)27-21-13-12-20(33-2)14-22(21)34-3/h4-14H,15H2,1-3H3,(H,27,31). The van der Waals surface area contributed by atoms with Crippen molar-refractivity contribution in [1.82, 2.24) is 14.8 Å². The second kappa shape index (κ2) is 11.2. The normalized spacial score (nSPS) is 10.6. The molecule has 10 heteroatoms. The van der Waals surface area contributed by atoms with Crippen LogP contribution < -0.4 is 19.5 Å². The monoisotopic (exact) mass is 510 g/mol. The number of thioether (sulfide) groups is 1. The fraction of sp³-hybridized carbons (Fsp3) is 0.160. The van der Waals surface area contributed by atoms with E-state index in [0.717, 1.165) is 17.0 Å². The third kappa shape index (κ3) is 5.70. The smallest absolute Gasteiger partial charge is 0.234 e. The van der Waals surface area contributed by atoms with Gasteiger partial charge in [0, 0.05) is 22.3 Å². The third-order valence-corrected chi connectivity index (χ3v) is 6.26. The number of nitrogens with zero attached hydrogens (tertiary/aromatic N) is 3. The minimum absolute atomic E-state index is 0.115. The first-order valence-corrected chi connectivity index (χ1v) is 11.9. The molecule has 180 valence electrons. The van der Waals surface area contributed by atoms with E-state index in [0.29, 0.717) is 33.2 Å². The minimum Gasteiger partial charge on any atom is -0.497 e. The highest BCUT2D eigenvalue weighted by Crippen LogP contribution is 2.31. The van der Waals surface area contributed by atoms with E-state index in [2.05, 4.69) is 15.5 Å². The average molecular weight is 511 g/mol. The number of hydrogen-bond acceptors (Lipinski definition) is 7. The van der Waals surface area contributed by atoms with Crippen LogP contribution in [0.4, 0.5) is 5.69 Å². The zero-order chi connectivity index (χ0) is 24.8. The van der Waals surface area contributed by atoms with Gasteiger partial charge in [0.2, 0.25) is 5.91 Å². The number of rotatable bonds is 9. The fourth-order valence-electron chi connectivity index (χ4n) is 3.33. The molecular formula is C25H23ClN4O4S. The first-order chi connectivity index (χ1) is 17.0. The number of ether oxygens (including phenoxy) is 3. The van der Waals surface area contributed by atoms with Gasteiger partial charge in [-0.25, -0.2) is 0 Å². The van der Waals surface area contributed by atoms with Crippen molar-refractivity contribution >= 4 is 35.0 Å². The Bertz CT molecular complexity index is 1310. The van der Waals surface area contributed by atoms with Crippen LogP contribution in [0.2, 0.25) is 5.02 Å². The number of benzene rings is 3. The molecule has 0 fully saturated rings. The van der Waals surface area contributed by atoms with E-state index in [1.165, 1.54) is 18.9 Å². The van der Waals surface area contributed by atoms with Crippen LogP contribution in [-0.2, 0) is 4.79 Å². The molecule has 0 radical (unpaired) electrons. The fourth-order valence-corrected chi connectivity index (χ4v) is 4.21. The van der Waals surface area contributed by atoms with Crippen molar-refractivity contribution in [3.05, 3.63) is 71.8 Å². The Kier molecular flexibility index (Phi) is 7.79. The van der Waals surface area contributed by atoms with Gasteiger partial charge in [-0.1, -0.05) is 23.4 Å². The van der Waals surface area contributed by atoms with E-state index < -0.39 is 0 Å². The van der Waals surface area contributed by atoms with E-state index in [1.54, 1.807) is 44.6 Å². The number of nitrogens with one attached hydrogen (secondary N) is 1. The Morgan fingerprint density at radius 2 is 1.60 bits per heavy atom. The van der Waals surface area contributed by atoms with Crippen LogP contribution >= 0.6 is 23.4 Å². The lowest BCUT2D eigenvalue weighted by Gasteiger charge is -2.12. The van der Waals surface area contributed by atoms with Gasteiger partial charge in [-0.05, 0) is 60.7 Å². The van der Waals surface area contributed by atoms with E-state index in [-0.39, 0.29) is 11.7 Å². The first kappa shape index (κ1) is 24.4. The zero-order valence-corrected chi connectivity index (χ0v) is 20.9. The lowest BCUT2D eigenvalue weighted by Crippen LogP contribution is -2.15. The Morgan fingerprint density at radius 1 is 0.914 bits per heavy atom. The summed E-state index contributed by atoms with van der Waals surface area (Å²) in [6, 6.07) is 20.1. The van der Waals surface area contributed by atoms with E-state index in [4.69, 9.17) is 25.8 Å². The van der Waals surface area contributed by atoms with Gasteiger partial charge in [-0.15, -0.1) is 10.2 Å². The highest BCUT2D eigenvalue weighted by molar-refractivity contribution is 7.99. The maximum atomic E-state index is 12.7. The SMILES string of the molecule is COc1ccc(-n2c(SCC(=O)Nc3ccc(OC)cc3OC)nnc2-c2ccc(Cl)cc2)cc1. The summed E-state index contributed by atoms with van der Waals surface area (Å²) in [5.74, 6) is 2.41. The van der Waals surface area contributed by atoms with Crippen LogP contribution in [0.5, 0.6) is 17.2 Å². The Labute approximate surface area is 212 Å². The molecule has 0 saturated heterocycles. The molecule has 0 atom stereocenters. The summed E-state index contributed by atoms with van der Waals surface area (Å²) in [5.41, 5.74) is 2.23. The molecule has 4 aromatic rings. The van der Waals surface area contributed by atoms with Gasteiger partial charge in [0.25, 0.3) is 0 Å². The van der Waals surface area contributed by atoms with Crippen molar-refractivity contribution < 1.29 is 19.0 Å². The molecule has 0 unspecified atom stereocenters. The van der Waals surface area contributed by atoms with E-state index >= 15 is 0 Å². The van der Waals surface area contributed by atoms with Gasteiger partial charge < -0.3 is 19.5 Å².